The van der Waals surface area contributed by atoms with Crippen LogP contribution in [0.25, 0.3) is 21.5 Å². The van der Waals surface area contributed by atoms with Crippen molar-refractivity contribution in [3.05, 3.63) is 139 Å². The zero-order chi connectivity index (χ0) is 27.5. The Kier molecular flexibility index (Phi) is 5.93. The minimum atomic E-state index is -4.46. The van der Waals surface area contributed by atoms with Crippen molar-refractivity contribution in [3.63, 3.8) is 0 Å². The van der Waals surface area contributed by atoms with Crippen LogP contribution in [0, 0.1) is 0 Å². The molecule has 2 aliphatic carbocycles. The van der Waals surface area contributed by atoms with Crippen LogP contribution in [-0.4, -0.2) is 20.0 Å². The van der Waals surface area contributed by atoms with E-state index in [-0.39, 0.29) is 0 Å². The number of fused-ring (bicyclic) bond motifs is 2. The Hall–Kier alpha value is -3.77. The van der Waals surface area contributed by atoms with Crippen molar-refractivity contribution in [1.82, 2.24) is 0 Å². The first-order valence-electron chi connectivity index (χ1n) is 13.6. The van der Waals surface area contributed by atoms with E-state index in [4.69, 9.17) is 6.64 Å². The Balaban J connectivity index is 1.40. The molecular weight excluding hydrogens is 548 g/mol. The third-order valence-electron chi connectivity index (χ3n) is 8.50. The van der Waals surface area contributed by atoms with E-state index in [1.165, 1.54) is 10.4 Å². The van der Waals surface area contributed by atoms with E-state index in [9.17, 15) is 9.59 Å². The van der Waals surface area contributed by atoms with E-state index in [0.717, 1.165) is 29.3 Å². The first-order valence-corrected chi connectivity index (χ1v) is 19.5. The number of carbonyl (C=O) groups is 2. The Morgan fingerprint density at radius 2 is 1.05 bits per heavy atom. The molecule has 0 amide bonds. The summed E-state index contributed by atoms with van der Waals surface area (Å²) in [5.74, 6) is -0.859. The molecule has 0 N–H and O–H groups in total. The molecule has 3 aliphatic rings. The Morgan fingerprint density at radius 3 is 1.52 bits per heavy atom. The van der Waals surface area contributed by atoms with Crippen LogP contribution in [0.15, 0.2) is 127 Å². The van der Waals surface area contributed by atoms with Gasteiger partial charge in [0, 0.05) is 0 Å². The monoisotopic (exact) mass is 576 g/mol. The Morgan fingerprint density at radius 1 is 0.625 bits per heavy atom. The van der Waals surface area contributed by atoms with Crippen LogP contribution in [0.2, 0.25) is 13.1 Å². The van der Waals surface area contributed by atoms with Crippen LogP contribution in [0.4, 0.5) is 0 Å². The minimum absolute atomic E-state index is 0.429. The topological polar surface area (TPSA) is 52.6 Å². The van der Waals surface area contributed by atoms with Gasteiger partial charge >= 0.3 is 240 Å². The maximum absolute atomic E-state index is 14.2. The molecular formula is C34H28O4SiTi. The zero-order valence-electron chi connectivity index (χ0n) is 22.4. The van der Waals surface area contributed by atoms with Gasteiger partial charge in [-0.05, 0) is 0 Å². The van der Waals surface area contributed by atoms with Gasteiger partial charge in [-0.3, -0.25) is 0 Å². The summed E-state index contributed by atoms with van der Waals surface area (Å²) in [5.41, 5.74) is 0.986. The van der Waals surface area contributed by atoms with Gasteiger partial charge in [-0.15, -0.1) is 0 Å². The van der Waals surface area contributed by atoms with Crippen LogP contribution in [0.5, 0.6) is 0 Å². The Bertz CT molecular complexity index is 1730. The predicted molar refractivity (Wildman–Crippen MR) is 158 cm³/mol. The van der Waals surface area contributed by atoms with E-state index in [2.05, 4.69) is 37.4 Å². The van der Waals surface area contributed by atoms with Gasteiger partial charge in [-0.25, -0.2) is 0 Å². The summed E-state index contributed by atoms with van der Waals surface area (Å²) in [6.45, 7) is 4.68. The van der Waals surface area contributed by atoms with E-state index < -0.39 is 37.4 Å². The summed E-state index contributed by atoms with van der Waals surface area (Å²) in [4.78, 5) is 28.3. The first-order chi connectivity index (χ1) is 19.4. The van der Waals surface area contributed by atoms with E-state index in [1.54, 1.807) is 12.1 Å². The number of benzene rings is 4. The average molecular weight is 577 g/mol. The molecule has 4 nitrogen and oxygen atoms in total. The fraction of sp³-hybridized carbons (Fsp3) is 0.118. The van der Waals surface area contributed by atoms with E-state index >= 15 is 0 Å². The molecule has 1 heterocycles. The molecule has 1 aliphatic heterocycles. The number of rotatable bonds is 4. The molecule has 4 aromatic carbocycles. The summed E-state index contributed by atoms with van der Waals surface area (Å²) in [6.07, 6.45) is 9.96. The van der Waals surface area contributed by atoms with Crippen molar-refractivity contribution in [1.29, 1.82) is 0 Å². The van der Waals surface area contributed by atoms with Gasteiger partial charge in [0.2, 0.25) is 0 Å². The van der Waals surface area contributed by atoms with Crippen LogP contribution in [0.3, 0.4) is 0 Å². The van der Waals surface area contributed by atoms with Gasteiger partial charge in [0.25, 0.3) is 0 Å². The summed E-state index contributed by atoms with van der Waals surface area (Å²) < 4.78 is 15.6. The average Bonchev–Trinajstić information content (AvgIpc) is 3.68. The van der Waals surface area contributed by atoms with Crippen molar-refractivity contribution in [2.75, 3.05) is 0 Å². The van der Waals surface area contributed by atoms with Crippen molar-refractivity contribution in [2.45, 2.75) is 25.9 Å². The number of carbonyl (C=O) groups excluding carboxylic acids is 2. The summed E-state index contributed by atoms with van der Waals surface area (Å²) >= 11 is -4.46. The molecule has 0 radical (unpaired) electrons. The van der Waals surface area contributed by atoms with Crippen molar-refractivity contribution in [2.24, 2.45) is 0 Å². The molecule has 0 unspecified atom stereocenters. The molecule has 0 bridgehead atoms. The second kappa shape index (κ2) is 9.41. The molecule has 40 heavy (non-hydrogen) atoms. The normalized spacial score (nSPS) is 18.2. The van der Waals surface area contributed by atoms with Gasteiger partial charge < -0.3 is 0 Å². The first kappa shape index (κ1) is 25.2. The van der Waals surface area contributed by atoms with Crippen LogP contribution < -0.4 is 0 Å². The summed E-state index contributed by atoms with van der Waals surface area (Å²) in [5, 5.41) is 6.08. The second-order valence-corrected chi connectivity index (χ2v) is 19.8. The van der Waals surface area contributed by atoms with Gasteiger partial charge in [0.05, 0.1) is 0 Å². The fourth-order valence-electron chi connectivity index (χ4n) is 6.58. The molecule has 0 atom stereocenters. The maximum atomic E-state index is 14.2. The SMILES string of the molecule is C[Si]1(C)C2=[C](CC=C2)[Ti]([O]C(=O)c2cccc3ccccc23)([O]C(=O)c2cccc3ccccc23)[C]2=C1C=CC2. The van der Waals surface area contributed by atoms with Gasteiger partial charge in [-0.2, -0.15) is 0 Å². The third-order valence-corrected chi connectivity index (χ3v) is 18.3. The number of hydrogen-bond donors (Lipinski definition) is 0. The molecule has 0 saturated heterocycles. The van der Waals surface area contributed by atoms with Gasteiger partial charge in [-0.1, -0.05) is 0 Å². The standard InChI is InChI=1S/C12H14Si.2C11H8O2.Ti/c1-13(2,11-7-3-4-8-11)12-9-5-6-10-12;2*12-11(13)10-7-3-5-8-4-1-2-6-9(8)10;/h3,5,7,9H,4,6H2,1-2H3;2*1-7H,(H,12,13);/q;;;+2/p-2. The van der Waals surface area contributed by atoms with Crippen LogP contribution in [-0.2, 0) is 24.0 Å². The van der Waals surface area contributed by atoms with Crippen molar-refractivity contribution >= 4 is 41.6 Å². The van der Waals surface area contributed by atoms with E-state index in [1.807, 2.05) is 72.8 Å². The third kappa shape index (κ3) is 3.76. The van der Waals surface area contributed by atoms with Gasteiger partial charge in [0.1, 0.15) is 0 Å². The quantitative estimate of drug-likeness (QED) is 0.230. The predicted octanol–water partition coefficient (Wildman–Crippen LogP) is 8.22. The van der Waals surface area contributed by atoms with E-state index in [0.29, 0.717) is 24.0 Å². The van der Waals surface area contributed by atoms with Gasteiger partial charge in [0.15, 0.2) is 0 Å². The summed E-state index contributed by atoms with van der Waals surface area (Å²) in [6, 6.07) is 27.0. The zero-order valence-corrected chi connectivity index (χ0v) is 25.0. The molecule has 0 fully saturated rings. The molecule has 4 aromatic rings. The molecule has 7 rings (SSSR count). The molecule has 196 valence electrons. The molecule has 6 heteroatoms. The number of allylic oxidation sites excluding steroid dienone is 8. The second-order valence-electron chi connectivity index (χ2n) is 11.1. The van der Waals surface area contributed by atoms with Crippen molar-refractivity contribution < 1.29 is 33.6 Å². The summed E-state index contributed by atoms with van der Waals surface area (Å²) in [7, 11) is -2.04. The van der Waals surface area contributed by atoms with Crippen molar-refractivity contribution in [3.8, 4) is 0 Å². The Labute approximate surface area is 238 Å². The molecule has 0 spiro atoms. The fourth-order valence-corrected chi connectivity index (χ4v) is 19.1. The van der Waals surface area contributed by atoms with Crippen LogP contribution >= 0.6 is 0 Å². The molecule has 0 aromatic heterocycles. The molecule has 0 saturated carbocycles. The van der Waals surface area contributed by atoms with Crippen LogP contribution in [0.1, 0.15) is 33.6 Å². The number of hydrogen-bond acceptors (Lipinski definition) is 4.